The molecule has 0 bridgehead atoms. The molecule has 120 valence electrons. The van der Waals surface area contributed by atoms with Gasteiger partial charge in [-0.2, -0.15) is 0 Å². The molecule has 0 radical (unpaired) electrons. The van der Waals surface area contributed by atoms with Crippen molar-refractivity contribution in [2.75, 3.05) is 26.0 Å². The Labute approximate surface area is 137 Å². The summed E-state index contributed by atoms with van der Waals surface area (Å²) in [5.41, 5.74) is -0.0602. The minimum Gasteiger partial charge on any atom is -0.366 e. The van der Waals surface area contributed by atoms with Crippen molar-refractivity contribution in [3.05, 3.63) is 16.5 Å². The lowest BCUT2D eigenvalue weighted by molar-refractivity contribution is 0.356. The van der Waals surface area contributed by atoms with E-state index in [1.807, 2.05) is 6.07 Å². The van der Waals surface area contributed by atoms with Gasteiger partial charge in [-0.15, -0.1) is 0 Å². The summed E-state index contributed by atoms with van der Waals surface area (Å²) in [5.74, 6) is 2.40. The Morgan fingerprint density at radius 2 is 1.86 bits per heavy atom. The van der Waals surface area contributed by atoms with Crippen LogP contribution in [0.1, 0.15) is 46.9 Å². The molecule has 4 nitrogen and oxygen atoms in total. The van der Waals surface area contributed by atoms with Crippen molar-refractivity contribution in [2.24, 2.45) is 5.92 Å². The van der Waals surface area contributed by atoms with Crippen molar-refractivity contribution >= 4 is 21.7 Å². The van der Waals surface area contributed by atoms with Crippen LogP contribution in [0.25, 0.3) is 0 Å². The standard InChI is InChI=1S/C16H29BrN4/c1-11(2)8-12(10-21(6)7)18-14-9-13(17)19-15(20-14)16(3,4)5/h9,11-12H,8,10H2,1-7H3,(H,18,19,20). The summed E-state index contributed by atoms with van der Waals surface area (Å²) in [6.45, 7) is 11.9. The number of aromatic nitrogens is 2. The molecule has 1 atom stereocenters. The second-order valence-corrected chi connectivity index (χ2v) is 8.20. The van der Waals surface area contributed by atoms with E-state index in [4.69, 9.17) is 0 Å². The topological polar surface area (TPSA) is 41.0 Å². The van der Waals surface area contributed by atoms with Crippen LogP contribution in [-0.2, 0) is 5.41 Å². The van der Waals surface area contributed by atoms with E-state index in [1.165, 1.54) is 0 Å². The maximum atomic E-state index is 4.69. The summed E-state index contributed by atoms with van der Waals surface area (Å²) in [6.07, 6.45) is 1.12. The van der Waals surface area contributed by atoms with E-state index in [2.05, 4.69) is 84.8 Å². The third-order valence-corrected chi connectivity index (χ3v) is 3.47. The largest absolute Gasteiger partial charge is 0.366 e. The fraction of sp³-hybridized carbons (Fsp3) is 0.750. The Hall–Kier alpha value is -0.680. The van der Waals surface area contributed by atoms with E-state index < -0.39 is 0 Å². The second kappa shape index (κ2) is 7.54. The Bertz CT molecular complexity index is 442. The minimum absolute atomic E-state index is 0.0602. The Morgan fingerprint density at radius 1 is 1.24 bits per heavy atom. The molecular weight excluding hydrogens is 328 g/mol. The average molecular weight is 357 g/mol. The Morgan fingerprint density at radius 3 is 2.33 bits per heavy atom. The van der Waals surface area contributed by atoms with Crippen LogP contribution in [0.3, 0.4) is 0 Å². The molecule has 0 spiro atoms. The van der Waals surface area contributed by atoms with Gasteiger partial charge in [0.2, 0.25) is 0 Å². The fourth-order valence-electron chi connectivity index (χ4n) is 2.23. The molecule has 0 aromatic carbocycles. The number of likely N-dealkylation sites (N-methyl/N-ethyl adjacent to an activating group) is 1. The first-order chi connectivity index (χ1) is 9.57. The maximum absolute atomic E-state index is 4.69. The van der Waals surface area contributed by atoms with Crippen molar-refractivity contribution in [1.82, 2.24) is 14.9 Å². The first-order valence-electron chi connectivity index (χ1n) is 7.54. The molecule has 0 aliphatic rings. The lowest BCUT2D eigenvalue weighted by atomic mass is 9.96. The molecule has 0 saturated carbocycles. The van der Waals surface area contributed by atoms with Gasteiger partial charge >= 0.3 is 0 Å². The van der Waals surface area contributed by atoms with Gasteiger partial charge in [0, 0.05) is 24.1 Å². The van der Waals surface area contributed by atoms with Crippen LogP contribution < -0.4 is 5.32 Å². The van der Waals surface area contributed by atoms with E-state index in [1.54, 1.807) is 0 Å². The molecule has 0 saturated heterocycles. The molecular formula is C16H29BrN4. The zero-order valence-electron chi connectivity index (χ0n) is 14.4. The van der Waals surface area contributed by atoms with E-state index >= 15 is 0 Å². The van der Waals surface area contributed by atoms with Gasteiger partial charge in [0.15, 0.2) is 0 Å². The summed E-state index contributed by atoms with van der Waals surface area (Å²) in [7, 11) is 4.21. The van der Waals surface area contributed by atoms with Crippen molar-refractivity contribution in [2.45, 2.75) is 52.5 Å². The van der Waals surface area contributed by atoms with Crippen LogP contribution in [0.4, 0.5) is 5.82 Å². The molecule has 1 rings (SSSR count). The van der Waals surface area contributed by atoms with Crippen molar-refractivity contribution in [3.8, 4) is 0 Å². The third-order valence-electron chi connectivity index (χ3n) is 3.06. The van der Waals surface area contributed by atoms with Gasteiger partial charge < -0.3 is 10.2 Å². The highest BCUT2D eigenvalue weighted by Crippen LogP contribution is 2.23. The molecule has 1 heterocycles. The lowest BCUT2D eigenvalue weighted by Gasteiger charge is -2.25. The molecule has 0 aliphatic carbocycles. The van der Waals surface area contributed by atoms with Gasteiger partial charge in [0.1, 0.15) is 16.2 Å². The second-order valence-electron chi connectivity index (χ2n) is 7.38. The number of rotatable bonds is 6. The van der Waals surface area contributed by atoms with E-state index in [0.717, 1.165) is 29.2 Å². The summed E-state index contributed by atoms with van der Waals surface area (Å²) in [4.78, 5) is 11.4. The highest BCUT2D eigenvalue weighted by molar-refractivity contribution is 9.10. The van der Waals surface area contributed by atoms with Gasteiger partial charge in [0.25, 0.3) is 0 Å². The molecule has 21 heavy (non-hydrogen) atoms. The van der Waals surface area contributed by atoms with E-state index in [-0.39, 0.29) is 5.41 Å². The first kappa shape index (κ1) is 18.4. The third kappa shape index (κ3) is 6.74. The number of nitrogens with zero attached hydrogens (tertiary/aromatic N) is 3. The molecule has 5 heteroatoms. The fourth-order valence-corrected chi connectivity index (χ4v) is 2.61. The van der Waals surface area contributed by atoms with Crippen LogP contribution in [0.15, 0.2) is 10.7 Å². The molecule has 1 aromatic rings. The smallest absolute Gasteiger partial charge is 0.137 e. The van der Waals surface area contributed by atoms with Gasteiger partial charge in [-0.3, -0.25) is 0 Å². The van der Waals surface area contributed by atoms with Crippen LogP contribution in [0.2, 0.25) is 0 Å². The number of hydrogen-bond donors (Lipinski definition) is 1. The van der Waals surface area contributed by atoms with Crippen LogP contribution >= 0.6 is 15.9 Å². The van der Waals surface area contributed by atoms with E-state index in [9.17, 15) is 0 Å². The number of anilines is 1. The maximum Gasteiger partial charge on any atom is 0.137 e. The molecule has 1 aromatic heterocycles. The zero-order valence-corrected chi connectivity index (χ0v) is 16.0. The van der Waals surface area contributed by atoms with Gasteiger partial charge in [-0.25, -0.2) is 9.97 Å². The highest BCUT2D eigenvalue weighted by Gasteiger charge is 2.20. The summed E-state index contributed by atoms with van der Waals surface area (Å²) >= 11 is 3.50. The Balaban J connectivity index is 2.95. The molecule has 1 N–H and O–H groups in total. The summed E-state index contributed by atoms with van der Waals surface area (Å²) < 4.78 is 0.832. The molecule has 0 fully saturated rings. The zero-order chi connectivity index (χ0) is 16.2. The normalized spacial score (nSPS) is 13.8. The quantitative estimate of drug-likeness (QED) is 0.784. The van der Waals surface area contributed by atoms with Crippen LogP contribution in [0.5, 0.6) is 0 Å². The van der Waals surface area contributed by atoms with Crippen molar-refractivity contribution in [1.29, 1.82) is 0 Å². The molecule has 0 amide bonds. The lowest BCUT2D eigenvalue weighted by Crippen LogP contribution is -2.34. The number of halogens is 1. The molecule has 0 aliphatic heterocycles. The van der Waals surface area contributed by atoms with E-state index in [0.29, 0.717) is 12.0 Å². The monoisotopic (exact) mass is 356 g/mol. The van der Waals surface area contributed by atoms with Gasteiger partial charge in [-0.05, 0) is 42.4 Å². The predicted molar refractivity (Wildman–Crippen MR) is 93.9 cm³/mol. The average Bonchev–Trinajstić information content (AvgIpc) is 2.24. The predicted octanol–water partition coefficient (Wildman–Crippen LogP) is 3.92. The highest BCUT2D eigenvalue weighted by atomic mass is 79.9. The number of nitrogens with one attached hydrogen (secondary N) is 1. The van der Waals surface area contributed by atoms with Crippen LogP contribution in [-0.4, -0.2) is 41.5 Å². The SMILES string of the molecule is CC(C)CC(CN(C)C)Nc1cc(Br)nc(C(C)(C)C)n1. The van der Waals surface area contributed by atoms with Crippen molar-refractivity contribution in [3.63, 3.8) is 0 Å². The van der Waals surface area contributed by atoms with Gasteiger partial charge in [-0.1, -0.05) is 34.6 Å². The first-order valence-corrected chi connectivity index (χ1v) is 8.33. The summed E-state index contributed by atoms with van der Waals surface area (Å²) in [5, 5.41) is 3.57. The number of hydrogen-bond acceptors (Lipinski definition) is 4. The minimum atomic E-state index is -0.0602. The van der Waals surface area contributed by atoms with Gasteiger partial charge in [0.05, 0.1) is 0 Å². The summed E-state index contributed by atoms with van der Waals surface area (Å²) in [6, 6.07) is 2.34. The van der Waals surface area contributed by atoms with Crippen molar-refractivity contribution < 1.29 is 0 Å². The Kier molecular flexibility index (Phi) is 6.60. The van der Waals surface area contributed by atoms with Crippen LogP contribution in [0, 0.1) is 5.92 Å². The molecule has 1 unspecified atom stereocenters.